The molecular formula is C13H17N. The van der Waals surface area contributed by atoms with Crippen molar-refractivity contribution in [1.29, 1.82) is 0 Å². The fourth-order valence-electron chi connectivity index (χ4n) is 2.00. The maximum absolute atomic E-state index is 3.44. The summed E-state index contributed by atoms with van der Waals surface area (Å²) in [6, 6.07) is 8.75. The van der Waals surface area contributed by atoms with Gasteiger partial charge in [-0.2, -0.15) is 0 Å². The van der Waals surface area contributed by atoms with Crippen LogP contribution in [0.2, 0.25) is 0 Å². The second-order valence-corrected chi connectivity index (χ2v) is 3.83. The molecule has 0 saturated carbocycles. The van der Waals surface area contributed by atoms with E-state index in [1.807, 2.05) is 0 Å². The number of hydrogen-bond donors (Lipinski definition) is 1. The molecule has 1 aromatic rings. The molecule has 1 N–H and O–H groups in total. The standard InChI is InChI=1S/C13H17N/c1-2-3-8-14-10-12-9-11-6-4-5-7-13(11)12/h2-7,12,14H,8-10H2,1H3/b3-2+. The first-order valence-electron chi connectivity index (χ1n) is 5.31. The molecule has 0 saturated heterocycles. The molecule has 1 aliphatic rings. The molecule has 1 atom stereocenters. The Bertz CT molecular complexity index is 328. The van der Waals surface area contributed by atoms with Crippen LogP contribution < -0.4 is 5.32 Å². The third-order valence-electron chi connectivity index (χ3n) is 2.85. The fraction of sp³-hybridized carbons (Fsp3) is 0.385. The Balaban J connectivity index is 1.81. The fourth-order valence-corrected chi connectivity index (χ4v) is 2.00. The summed E-state index contributed by atoms with van der Waals surface area (Å²) in [7, 11) is 0. The Morgan fingerprint density at radius 2 is 2.29 bits per heavy atom. The van der Waals surface area contributed by atoms with Crippen molar-refractivity contribution in [2.75, 3.05) is 13.1 Å². The first-order chi connectivity index (χ1) is 6.92. The molecule has 74 valence electrons. The van der Waals surface area contributed by atoms with Crippen LogP contribution in [-0.2, 0) is 6.42 Å². The molecule has 0 bridgehead atoms. The summed E-state index contributed by atoms with van der Waals surface area (Å²) in [6.45, 7) is 4.16. The minimum atomic E-state index is 0.747. The highest BCUT2D eigenvalue weighted by molar-refractivity contribution is 5.40. The van der Waals surface area contributed by atoms with Gasteiger partial charge in [0.05, 0.1) is 0 Å². The molecule has 1 nitrogen and oxygen atoms in total. The third-order valence-corrected chi connectivity index (χ3v) is 2.85. The zero-order chi connectivity index (χ0) is 9.80. The van der Waals surface area contributed by atoms with Gasteiger partial charge >= 0.3 is 0 Å². The number of allylic oxidation sites excluding steroid dienone is 1. The first kappa shape index (κ1) is 9.47. The second kappa shape index (κ2) is 4.43. The molecule has 0 aliphatic heterocycles. The molecule has 14 heavy (non-hydrogen) atoms. The topological polar surface area (TPSA) is 12.0 Å². The van der Waals surface area contributed by atoms with Gasteiger partial charge in [0, 0.05) is 19.0 Å². The zero-order valence-electron chi connectivity index (χ0n) is 8.66. The summed E-state index contributed by atoms with van der Waals surface area (Å²) in [5.74, 6) is 0.747. The Morgan fingerprint density at radius 1 is 1.43 bits per heavy atom. The van der Waals surface area contributed by atoms with Crippen molar-refractivity contribution in [2.45, 2.75) is 19.3 Å². The van der Waals surface area contributed by atoms with Crippen LogP contribution in [0.3, 0.4) is 0 Å². The highest BCUT2D eigenvalue weighted by atomic mass is 14.9. The average molecular weight is 187 g/mol. The minimum absolute atomic E-state index is 0.747. The molecule has 1 aliphatic carbocycles. The molecule has 0 aromatic heterocycles. The number of nitrogens with one attached hydrogen (secondary N) is 1. The van der Waals surface area contributed by atoms with Crippen LogP contribution in [0.4, 0.5) is 0 Å². The van der Waals surface area contributed by atoms with E-state index in [0.717, 1.165) is 19.0 Å². The van der Waals surface area contributed by atoms with E-state index in [0.29, 0.717) is 0 Å². The molecule has 0 spiro atoms. The molecule has 1 aromatic carbocycles. The van der Waals surface area contributed by atoms with Crippen molar-refractivity contribution >= 4 is 0 Å². The number of fused-ring (bicyclic) bond motifs is 1. The lowest BCUT2D eigenvalue weighted by molar-refractivity contribution is 0.555. The van der Waals surface area contributed by atoms with Gasteiger partial charge in [-0.3, -0.25) is 0 Å². The van der Waals surface area contributed by atoms with Crippen LogP contribution in [0.15, 0.2) is 36.4 Å². The maximum Gasteiger partial charge on any atom is 0.0135 e. The van der Waals surface area contributed by atoms with Crippen molar-refractivity contribution in [3.63, 3.8) is 0 Å². The normalized spacial score (nSPS) is 19.4. The molecule has 2 rings (SSSR count). The number of rotatable bonds is 4. The lowest BCUT2D eigenvalue weighted by Gasteiger charge is -2.30. The first-order valence-corrected chi connectivity index (χ1v) is 5.31. The van der Waals surface area contributed by atoms with Crippen molar-refractivity contribution in [1.82, 2.24) is 5.32 Å². The summed E-state index contributed by atoms with van der Waals surface area (Å²) in [5.41, 5.74) is 3.07. The van der Waals surface area contributed by atoms with Crippen LogP contribution in [0.5, 0.6) is 0 Å². The van der Waals surface area contributed by atoms with Gasteiger partial charge in [-0.25, -0.2) is 0 Å². The van der Waals surface area contributed by atoms with Gasteiger partial charge < -0.3 is 5.32 Å². The summed E-state index contributed by atoms with van der Waals surface area (Å²) in [4.78, 5) is 0. The predicted molar refractivity (Wildman–Crippen MR) is 60.6 cm³/mol. The van der Waals surface area contributed by atoms with E-state index >= 15 is 0 Å². The summed E-state index contributed by atoms with van der Waals surface area (Å²) in [5, 5.41) is 3.44. The number of benzene rings is 1. The molecule has 0 fully saturated rings. The Hall–Kier alpha value is -1.08. The average Bonchev–Trinajstić information content (AvgIpc) is 2.19. The van der Waals surface area contributed by atoms with Crippen LogP contribution in [-0.4, -0.2) is 13.1 Å². The third kappa shape index (κ3) is 1.88. The second-order valence-electron chi connectivity index (χ2n) is 3.83. The largest absolute Gasteiger partial charge is 0.313 e. The summed E-state index contributed by atoms with van der Waals surface area (Å²) >= 11 is 0. The maximum atomic E-state index is 3.44. The van der Waals surface area contributed by atoms with E-state index in [-0.39, 0.29) is 0 Å². The Morgan fingerprint density at radius 3 is 3.07 bits per heavy atom. The highest BCUT2D eigenvalue weighted by Gasteiger charge is 2.24. The Labute approximate surface area is 85.8 Å². The lowest BCUT2D eigenvalue weighted by Crippen LogP contribution is -2.29. The van der Waals surface area contributed by atoms with Crippen molar-refractivity contribution in [3.8, 4) is 0 Å². The molecular weight excluding hydrogens is 170 g/mol. The van der Waals surface area contributed by atoms with E-state index in [1.165, 1.54) is 12.0 Å². The van der Waals surface area contributed by atoms with Gasteiger partial charge in [0.2, 0.25) is 0 Å². The van der Waals surface area contributed by atoms with Gasteiger partial charge in [-0.15, -0.1) is 0 Å². The summed E-state index contributed by atoms with van der Waals surface area (Å²) < 4.78 is 0. The van der Waals surface area contributed by atoms with Gasteiger partial charge in [-0.05, 0) is 24.5 Å². The van der Waals surface area contributed by atoms with Crippen LogP contribution in [0.1, 0.15) is 24.0 Å². The van der Waals surface area contributed by atoms with E-state index < -0.39 is 0 Å². The smallest absolute Gasteiger partial charge is 0.0135 e. The van der Waals surface area contributed by atoms with Gasteiger partial charge in [0.15, 0.2) is 0 Å². The summed E-state index contributed by atoms with van der Waals surface area (Å²) in [6.07, 6.45) is 5.49. The molecule has 0 radical (unpaired) electrons. The van der Waals surface area contributed by atoms with E-state index in [9.17, 15) is 0 Å². The van der Waals surface area contributed by atoms with Crippen LogP contribution >= 0.6 is 0 Å². The Kier molecular flexibility index (Phi) is 3.00. The van der Waals surface area contributed by atoms with E-state index in [2.05, 4.69) is 48.7 Å². The zero-order valence-corrected chi connectivity index (χ0v) is 8.66. The number of hydrogen-bond acceptors (Lipinski definition) is 1. The van der Waals surface area contributed by atoms with Crippen LogP contribution in [0.25, 0.3) is 0 Å². The lowest BCUT2D eigenvalue weighted by atomic mass is 9.78. The van der Waals surface area contributed by atoms with Crippen molar-refractivity contribution in [3.05, 3.63) is 47.5 Å². The quantitative estimate of drug-likeness (QED) is 0.564. The molecule has 0 amide bonds. The van der Waals surface area contributed by atoms with Crippen molar-refractivity contribution in [2.24, 2.45) is 0 Å². The van der Waals surface area contributed by atoms with Gasteiger partial charge in [0.1, 0.15) is 0 Å². The molecule has 1 unspecified atom stereocenters. The minimum Gasteiger partial charge on any atom is -0.313 e. The van der Waals surface area contributed by atoms with Crippen LogP contribution in [0, 0.1) is 0 Å². The van der Waals surface area contributed by atoms with Crippen molar-refractivity contribution < 1.29 is 0 Å². The highest BCUT2D eigenvalue weighted by Crippen LogP contribution is 2.33. The monoisotopic (exact) mass is 187 g/mol. The van der Waals surface area contributed by atoms with Gasteiger partial charge in [0.25, 0.3) is 0 Å². The predicted octanol–water partition coefficient (Wildman–Crippen LogP) is 2.49. The SMILES string of the molecule is C/C=C/CNCC1Cc2ccccc21. The molecule has 0 heterocycles. The molecule has 1 heteroatoms. The van der Waals surface area contributed by atoms with E-state index in [1.54, 1.807) is 5.56 Å². The van der Waals surface area contributed by atoms with Gasteiger partial charge in [-0.1, -0.05) is 36.4 Å². The van der Waals surface area contributed by atoms with E-state index in [4.69, 9.17) is 0 Å².